The average Bonchev–Trinajstić information content (AvgIpc) is 2.34. The maximum Gasteiger partial charge on any atom is 0.304 e. The molecule has 4 heteroatoms. The van der Waals surface area contributed by atoms with Crippen molar-refractivity contribution in [1.29, 1.82) is 0 Å². The molecule has 4 nitrogen and oxygen atoms in total. The van der Waals surface area contributed by atoms with E-state index in [-0.39, 0.29) is 18.4 Å². The van der Waals surface area contributed by atoms with Crippen LogP contribution in [0.15, 0.2) is 24.3 Å². The quantitative estimate of drug-likeness (QED) is 0.780. The van der Waals surface area contributed by atoms with Gasteiger partial charge >= 0.3 is 5.97 Å². The molecular weight excluding hydrogens is 230 g/mol. The van der Waals surface area contributed by atoms with E-state index in [1.807, 2.05) is 38.1 Å². The second-order valence-electron chi connectivity index (χ2n) is 4.64. The van der Waals surface area contributed by atoms with E-state index in [1.165, 1.54) is 0 Å². The lowest BCUT2D eigenvalue weighted by molar-refractivity contribution is -0.137. The highest BCUT2D eigenvalue weighted by atomic mass is 16.5. The summed E-state index contributed by atoms with van der Waals surface area (Å²) in [4.78, 5) is 10.8. The van der Waals surface area contributed by atoms with E-state index < -0.39 is 5.97 Å². The van der Waals surface area contributed by atoms with Gasteiger partial charge in [0.15, 0.2) is 0 Å². The molecule has 0 bridgehead atoms. The second-order valence-corrected chi connectivity index (χ2v) is 4.64. The summed E-state index contributed by atoms with van der Waals surface area (Å²) >= 11 is 0. The van der Waals surface area contributed by atoms with Crippen molar-refractivity contribution in [3.05, 3.63) is 29.8 Å². The highest BCUT2D eigenvalue weighted by molar-refractivity contribution is 5.67. The van der Waals surface area contributed by atoms with Gasteiger partial charge in [-0.05, 0) is 12.0 Å². The van der Waals surface area contributed by atoms with E-state index in [4.69, 9.17) is 9.84 Å². The Hall–Kier alpha value is -1.55. The minimum absolute atomic E-state index is 0.0348. The van der Waals surface area contributed by atoms with Crippen molar-refractivity contribution >= 4 is 5.97 Å². The van der Waals surface area contributed by atoms with Crippen LogP contribution in [-0.2, 0) is 11.3 Å². The molecule has 1 aromatic carbocycles. The Bertz CT molecular complexity index is 390. The lowest BCUT2D eigenvalue weighted by Gasteiger charge is -2.21. The van der Waals surface area contributed by atoms with Crippen molar-refractivity contribution < 1.29 is 14.6 Å². The number of aliphatic carboxylic acids is 1. The molecule has 0 amide bonds. The first-order valence-electron chi connectivity index (χ1n) is 6.11. The van der Waals surface area contributed by atoms with Crippen molar-refractivity contribution in [2.24, 2.45) is 5.92 Å². The molecule has 1 rings (SSSR count). The SMILES string of the molecule is COc1ccccc1CN[C@@H](CC(=O)O)C(C)C. The predicted molar refractivity (Wildman–Crippen MR) is 70.7 cm³/mol. The summed E-state index contributed by atoms with van der Waals surface area (Å²) in [5.74, 6) is 0.319. The van der Waals surface area contributed by atoms with Crippen LogP contribution in [0.1, 0.15) is 25.8 Å². The fourth-order valence-electron chi connectivity index (χ4n) is 1.82. The van der Waals surface area contributed by atoms with Gasteiger partial charge < -0.3 is 15.2 Å². The molecule has 0 saturated heterocycles. The van der Waals surface area contributed by atoms with E-state index in [9.17, 15) is 4.79 Å². The van der Waals surface area contributed by atoms with Crippen LogP contribution < -0.4 is 10.1 Å². The van der Waals surface area contributed by atoms with Gasteiger partial charge in [0.2, 0.25) is 0 Å². The summed E-state index contributed by atoms with van der Waals surface area (Å²) < 4.78 is 5.26. The van der Waals surface area contributed by atoms with Crippen LogP contribution in [-0.4, -0.2) is 24.2 Å². The van der Waals surface area contributed by atoms with Gasteiger partial charge in [0.05, 0.1) is 13.5 Å². The smallest absolute Gasteiger partial charge is 0.304 e. The zero-order valence-electron chi connectivity index (χ0n) is 11.1. The van der Waals surface area contributed by atoms with Gasteiger partial charge in [-0.2, -0.15) is 0 Å². The molecule has 0 fully saturated rings. The number of hydrogen-bond acceptors (Lipinski definition) is 3. The van der Waals surface area contributed by atoms with E-state index in [0.29, 0.717) is 6.54 Å². The molecule has 0 spiro atoms. The minimum atomic E-state index is -0.777. The fraction of sp³-hybridized carbons (Fsp3) is 0.500. The van der Waals surface area contributed by atoms with Crippen molar-refractivity contribution in [2.45, 2.75) is 32.9 Å². The first-order valence-corrected chi connectivity index (χ1v) is 6.11. The summed E-state index contributed by atoms with van der Waals surface area (Å²) in [5, 5.41) is 12.1. The van der Waals surface area contributed by atoms with Crippen LogP contribution in [0.4, 0.5) is 0 Å². The molecule has 0 aromatic heterocycles. The van der Waals surface area contributed by atoms with Gasteiger partial charge in [-0.25, -0.2) is 0 Å². The van der Waals surface area contributed by atoms with Crippen molar-refractivity contribution in [3.63, 3.8) is 0 Å². The number of rotatable bonds is 7. The molecule has 18 heavy (non-hydrogen) atoms. The highest BCUT2D eigenvalue weighted by Crippen LogP contribution is 2.17. The number of nitrogens with one attached hydrogen (secondary N) is 1. The standard InChI is InChI=1S/C14H21NO3/c1-10(2)12(8-14(16)17)15-9-11-6-4-5-7-13(11)18-3/h4-7,10,12,15H,8-9H2,1-3H3,(H,16,17)/t12-/m0/s1. The number of hydrogen-bond donors (Lipinski definition) is 2. The first-order chi connectivity index (χ1) is 8.54. The molecule has 0 heterocycles. The molecule has 0 unspecified atom stereocenters. The third-order valence-electron chi connectivity index (χ3n) is 2.95. The highest BCUT2D eigenvalue weighted by Gasteiger charge is 2.16. The van der Waals surface area contributed by atoms with Crippen molar-refractivity contribution in [3.8, 4) is 5.75 Å². The topological polar surface area (TPSA) is 58.6 Å². The number of para-hydroxylation sites is 1. The largest absolute Gasteiger partial charge is 0.496 e. The molecule has 2 N–H and O–H groups in total. The van der Waals surface area contributed by atoms with Gasteiger partial charge in [0, 0.05) is 18.2 Å². The van der Waals surface area contributed by atoms with Crippen LogP contribution in [0.5, 0.6) is 5.75 Å². The molecular formula is C14H21NO3. The number of carboxylic acid groups (broad SMARTS) is 1. The van der Waals surface area contributed by atoms with Gasteiger partial charge in [-0.15, -0.1) is 0 Å². The molecule has 1 aromatic rings. The Morgan fingerprint density at radius 3 is 2.61 bits per heavy atom. The van der Waals surface area contributed by atoms with Gasteiger partial charge in [-0.3, -0.25) is 4.79 Å². The Labute approximate surface area is 108 Å². The molecule has 0 radical (unpaired) electrons. The summed E-state index contributed by atoms with van der Waals surface area (Å²) in [6.07, 6.45) is 0.132. The van der Waals surface area contributed by atoms with Crippen LogP contribution in [0.25, 0.3) is 0 Å². The Morgan fingerprint density at radius 2 is 2.06 bits per heavy atom. The van der Waals surface area contributed by atoms with Crippen molar-refractivity contribution in [1.82, 2.24) is 5.32 Å². The second kappa shape index (κ2) is 7.01. The maximum absolute atomic E-state index is 10.8. The molecule has 1 atom stereocenters. The van der Waals surface area contributed by atoms with E-state index in [1.54, 1.807) is 7.11 Å². The van der Waals surface area contributed by atoms with E-state index in [2.05, 4.69) is 5.32 Å². The van der Waals surface area contributed by atoms with E-state index >= 15 is 0 Å². The number of carbonyl (C=O) groups is 1. The van der Waals surface area contributed by atoms with Crippen LogP contribution >= 0.6 is 0 Å². The van der Waals surface area contributed by atoms with Crippen LogP contribution in [0, 0.1) is 5.92 Å². The third-order valence-corrected chi connectivity index (χ3v) is 2.95. The summed E-state index contributed by atoms with van der Waals surface area (Å²) in [6, 6.07) is 7.70. The lowest BCUT2D eigenvalue weighted by Crippen LogP contribution is -2.35. The fourth-order valence-corrected chi connectivity index (χ4v) is 1.82. The summed E-state index contributed by atoms with van der Waals surface area (Å²) in [6.45, 7) is 4.64. The Morgan fingerprint density at radius 1 is 1.39 bits per heavy atom. The number of ether oxygens (including phenoxy) is 1. The summed E-state index contributed by atoms with van der Waals surface area (Å²) in [7, 11) is 1.63. The molecule has 0 aliphatic rings. The Balaban J connectivity index is 2.63. The van der Waals surface area contributed by atoms with Crippen LogP contribution in [0.3, 0.4) is 0 Å². The Kier molecular flexibility index (Phi) is 5.65. The first kappa shape index (κ1) is 14.5. The zero-order valence-corrected chi connectivity index (χ0v) is 11.1. The summed E-state index contributed by atoms with van der Waals surface area (Å²) in [5.41, 5.74) is 1.04. The third kappa shape index (κ3) is 4.37. The molecule has 0 aliphatic heterocycles. The number of carboxylic acids is 1. The number of methoxy groups -OCH3 is 1. The molecule has 100 valence electrons. The maximum atomic E-state index is 10.8. The normalized spacial score (nSPS) is 12.4. The monoisotopic (exact) mass is 251 g/mol. The minimum Gasteiger partial charge on any atom is -0.496 e. The number of benzene rings is 1. The van der Waals surface area contributed by atoms with Gasteiger partial charge in [0.1, 0.15) is 5.75 Å². The lowest BCUT2D eigenvalue weighted by atomic mass is 10.0. The van der Waals surface area contributed by atoms with Crippen molar-refractivity contribution in [2.75, 3.05) is 7.11 Å². The van der Waals surface area contributed by atoms with Gasteiger partial charge in [0.25, 0.3) is 0 Å². The van der Waals surface area contributed by atoms with Crippen LogP contribution in [0.2, 0.25) is 0 Å². The van der Waals surface area contributed by atoms with Gasteiger partial charge in [-0.1, -0.05) is 32.0 Å². The van der Waals surface area contributed by atoms with E-state index in [0.717, 1.165) is 11.3 Å². The molecule has 0 aliphatic carbocycles. The molecule has 0 saturated carbocycles. The zero-order chi connectivity index (χ0) is 13.5. The predicted octanol–water partition coefficient (Wildman–Crippen LogP) is 2.28. The average molecular weight is 251 g/mol.